The Morgan fingerprint density at radius 2 is 1.76 bits per heavy atom. The molecule has 29 heavy (non-hydrogen) atoms. The Kier molecular flexibility index (Phi) is 5.50. The number of hydrogen-bond acceptors (Lipinski definition) is 3. The Morgan fingerprint density at radius 3 is 2.28 bits per heavy atom. The summed E-state index contributed by atoms with van der Waals surface area (Å²) in [6.45, 7) is 11.5. The number of halogens is 1. The monoisotopic (exact) mass is 414 g/mol. The van der Waals surface area contributed by atoms with Gasteiger partial charge >= 0.3 is 5.97 Å². The molecule has 5 nitrogen and oxygen atoms in total. The first-order valence-electron chi connectivity index (χ1n) is 9.55. The van der Waals surface area contributed by atoms with Crippen molar-refractivity contribution in [2.75, 3.05) is 0 Å². The Morgan fingerprint density at radius 1 is 1.17 bits per heavy atom. The quantitative estimate of drug-likeness (QED) is 0.589. The first kappa shape index (κ1) is 21.3. The summed E-state index contributed by atoms with van der Waals surface area (Å²) < 4.78 is 8.05. The molecule has 3 aromatic rings. The highest BCUT2D eigenvalue weighted by molar-refractivity contribution is 6.30. The zero-order valence-corrected chi connectivity index (χ0v) is 18.7. The highest BCUT2D eigenvalue weighted by Crippen LogP contribution is 2.41. The summed E-state index contributed by atoms with van der Waals surface area (Å²) in [4.78, 5) is 17.1. The Hall–Kier alpha value is -2.37. The number of rotatable bonds is 4. The van der Waals surface area contributed by atoms with Crippen molar-refractivity contribution in [1.29, 1.82) is 0 Å². The van der Waals surface area contributed by atoms with E-state index in [-0.39, 0.29) is 0 Å². The minimum atomic E-state index is -1.14. The number of benzene rings is 1. The van der Waals surface area contributed by atoms with E-state index < -0.39 is 17.7 Å². The summed E-state index contributed by atoms with van der Waals surface area (Å²) >= 11 is 6.11. The number of carbonyl (C=O) groups is 1. The molecule has 154 valence electrons. The highest BCUT2D eigenvalue weighted by Gasteiger charge is 2.33. The van der Waals surface area contributed by atoms with Crippen molar-refractivity contribution in [2.45, 2.75) is 53.2 Å². The SMILES string of the molecule is Cc1nc2c(c(C)c(C)n2C)c(-c2ccc(Cl)cc2)c1[C@H](OC(C)(C)C)C(=O)O. The number of aryl methyl sites for hydroxylation is 3. The molecular formula is C23H27ClN2O3. The average Bonchev–Trinajstić information content (AvgIpc) is 2.83. The third kappa shape index (κ3) is 3.89. The van der Waals surface area contributed by atoms with Crippen LogP contribution in [0.3, 0.4) is 0 Å². The predicted molar refractivity (Wildman–Crippen MR) is 117 cm³/mol. The van der Waals surface area contributed by atoms with Crippen LogP contribution in [0.15, 0.2) is 24.3 Å². The predicted octanol–water partition coefficient (Wildman–Crippen LogP) is 5.76. The largest absolute Gasteiger partial charge is 0.479 e. The normalized spacial score (nSPS) is 13.1. The minimum absolute atomic E-state index is 0.580. The van der Waals surface area contributed by atoms with E-state index >= 15 is 0 Å². The van der Waals surface area contributed by atoms with Crippen LogP contribution < -0.4 is 0 Å². The van der Waals surface area contributed by atoms with E-state index in [1.54, 1.807) is 0 Å². The molecule has 0 radical (unpaired) electrons. The highest BCUT2D eigenvalue weighted by atomic mass is 35.5. The fourth-order valence-electron chi connectivity index (χ4n) is 3.72. The van der Waals surface area contributed by atoms with Gasteiger partial charge in [-0.15, -0.1) is 0 Å². The van der Waals surface area contributed by atoms with Gasteiger partial charge in [0.05, 0.1) is 5.60 Å². The maximum absolute atomic E-state index is 12.3. The van der Waals surface area contributed by atoms with Gasteiger partial charge in [-0.1, -0.05) is 23.7 Å². The van der Waals surface area contributed by atoms with Crippen LogP contribution in [-0.4, -0.2) is 26.2 Å². The molecule has 0 spiro atoms. The fraction of sp³-hybridized carbons (Fsp3) is 0.391. The standard InChI is InChI=1S/C23H27ClN2O3/c1-12-14(3)26(7)21-17(12)19(15-8-10-16(24)11-9-15)18(13(2)25-21)20(22(27)28)29-23(4,5)6/h8-11,20H,1-7H3,(H,27,28)/t20-/m0/s1. The van der Waals surface area contributed by atoms with Gasteiger partial charge in [0.15, 0.2) is 6.10 Å². The first-order chi connectivity index (χ1) is 13.4. The average molecular weight is 415 g/mol. The van der Waals surface area contributed by atoms with Crippen LogP contribution in [0.1, 0.15) is 49.4 Å². The number of ether oxygens (including phenoxy) is 1. The van der Waals surface area contributed by atoms with Gasteiger partial charge in [0, 0.05) is 40.0 Å². The van der Waals surface area contributed by atoms with Gasteiger partial charge in [-0.25, -0.2) is 9.78 Å². The van der Waals surface area contributed by atoms with Crippen molar-refractivity contribution >= 4 is 28.6 Å². The molecular weight excluding hydrogens is 388 g/mol. The molecule has 1 atom stereocenters. The molecule has 0 aliphatic rings. The molecule has 2 heterocycles. The molecule has 2 aromatic heterocycles. The van der Waals surface area contributed by atoms with E-state index in [1.165, 1.54) is 0 Å². The number of carboxylic acids is 1. The summed E-state index contributed by atoms with van der Waals surface area (Å²) in [5.74, 6) is -1.04. The second-order valence-corrected chi connectivity index (χ2v) is 8.85. The lowest BCUT2D eigenvalue weighted by molar-refractivity contribution is -0.160. The minimum Gasteiger partial charge on any atom is -0.479 e. The van der Waals surface area contributed by atoms with E-state index in [9.17, 15) is 9.90 Å². The summed E-state index contributed by atoms with van der Waals surface area (Å²) in [6, 6.07) is 7.46. The van der Waals surface area contributed by atoms with Gasteiger partial charge in [0.25, 0.3) is 0 Å². The van der Waals surface area contributed by atoms with Crippen LogP contribution in [0.2, 0.25) is 5.02 Å². The van der Waals surface area contributed by atoms with Crippen LogP contribution in [0.25, 0.3) is 22.2 Å². The van der Waals surface area contributed by atoms with Crippen molar-refractivity contribution in [1.82, 2.24) is 9.55 Å². The van der Waals surface area contributed by atoms with Gasteiger partial charge < -0.3 is 14.4 Å². The van der Waals surface area contributed by atoms with Crippen LogP contribution in [0, 0.1) is 20.8 Å². The molecule has 1 N–H and O–H groups in total. The number of hydrogen-bond donors (Lipinski definition) is 1. The number of nitrogens with zero attached hydrogens (tertiary/aromatic N) is 2. The van der Waals surface area contributed by atoms with Crippen molar-refractivity contribution in [3.8, 4) is 11.1 Å². The van der Waals surface area contributed by atoms with E-state index in [4.69, 9.17) is 21.3 Å². The lowest BCUT2D eigenvalue weighted by Crippen LogP contribution is -2.28. The van der Waals surface area contributed by atoms with E-state index in [0.717, 1.165) is 33.4 Å². The second-order valence-electron chi connectivity index (χ2n) is 8.41. The number of pyridine rings is 1. The van der Waals surface area contributed by atoms with Crippen LogP contribution in [0.5, 0.6) is 0 Å². The lowest BCUT2D eigenvalue weighted by Gasteiger charge is -2.28. The molecule has 0 fully saturated rings. The van der Waals surface area contributed by atoms with E-state index in [1.807, 2.05) is 77.4 Å². The Bertz CT molecular complexity index is 1090. The van der Waals surface area contributed by atoms with Gasteiger partial charge in [-0.05, 0) is 64.8 Å². The zero-order valence-electron chi connectivity index (χ0n) is 17.9. The molecule has 3 rings (SSSR count). The molecule has 0 bridgehead atoms. The molecule has 0 saturated carbocycles. The second kappa shape index (κ2) is 7.47. The summed E-state index contributed by atoms with van der Waals surface area (Å²) in [7, 11) is 1.97. The molecule has 0 aliphatic heterocycles. The maximum atomic E-state index is 12.3. The van der Waals surface area contributed by atoms with Gasteiger partial charge in [-0.3, -0.25) is 0 Å². The van der Waals surface area contributed by atoms with Crippen molar-refractivity contribution < 1.29 is 14.6 Å². The topological polar surface area (TPSA) is 64.4 Å². The van der Waals surface area contributed by atoms with Crippen LogP contribution in [-0.2, 0) is 16.6 Å². The third-order valence-corrected chi connectivity index (χ3v) is 5.49. The zero-order chi connectivity index (χ0) is 21.7. The smallest absolute Gasteiger partial charge is 0.337 e. The molecule has 0 saturated heterocycles. The number of carboxylic acid groups (broad SMARTS) is 1. The van der Waals surface area contributed by atoms with E-state index in [0.29, 0.717) is 16.3 Å². The van der Waals surface area contributed by atoms with E-state index in [2.05, 4.69) is 0 Å². The van der Waals surface area contributed by atoms with Crippen molar-refractivity contribution in [3.05, 3.63) is 51.8 Å². The summed E-state index contributed by atoms with van der Waals surface area (Å²) in [5, 5.41) is 11.6. The van der Waals surface area contributed by atoms with Gasteiger partial charge in [-0.2, -0.15) is 0 Å². The third-order valence-electron chi connectivity index (χ3n) is 5.24. The fourth-order valence-corrected chi connectivity index (χ4v) is 3.84. The number of fused-ring (bicyclic) bond motifs is 1. The molecule has 1 aromatic carbocycles. The Balaban J connectivity index is 2.47. The first-order valence-corrected chi connectivity index (χ1v) is 9.92. The number of aromatic nitrogens is 2. The van der Waals surface area contributed by atoms with Crippen molar-refractivity contribution in [2.24, 2.45) is 7.05 Å². The molecule has 0 unspecified atom stereocenters. The van der Waals surface area contributed by atoms with Crippen LogP contribution in [0.4, 0.5) is 0 Å². The molecule has 6 heteroatoms. The summed E-state index contributed by atoms with van der Waals surface area (Å²) in [5.41, 5.74) is 5.29. The molecule has 0 amide bonds. The Labute approximate surface area is 176 Å². The lowest BCUT2D eigenvalue weighted by atomic mass is 9.91. The summed E-state index contributed by atoms with van der Waals surface area (Å²) in [6.07, 6.45) is -1.14. The molecule has 0 aliphatic carbocycles. The number of aliphatic carboxylic acids is 1. The maximum Gasteiger partial charge on any atom is 0.337 e. The van der Waals surface area contributed by atoms with Crippen LogP contribution >= 0.6 is 11.6 Å². The van der Waals surface area contributed by atoms with Gasteiger partial charge in [0.2, 0.25) is 0 Å². The van der Waals surface area contributed by atoms with Crippen molar-refractivity contribution in [3.63, 3.8) is 0 Å². The van der Waals surface area contributed by atoms with Gasteiger partial charge in [0.1, 0.15) is 5.65 Å².